The van der Waals surface area contributed by atoms with E-state index in [0.717, 1.165) is 4.88 Å². The van der Waals surface area contributed by atoms with Crippen molar-refractivity contribution in [3.8, 4) is 0 Å². The van der Waals surface area contributed by atoms with Crippen LogP contribution in [0.2, 0.25) is 0 Å². The van der Waals surface area contributed by atoms with Crippen LogP contribution in [0.5, 0.6) is 0 Å². The van der Waals surface area contributed by atoms with Crippen LogP contribution in [-0.2, 0) is 16.1 Å². The van der Waals surface area contributed by atoms with Crippen LogP contribution in [-0.4, -0.2) is 21.7 Å². The molecule has 0 spiro atoms. The van der Waals surface area contributed by atoms with Gasteiger partial charge in [-0.3, -0.25) is 19.9 Å². The van der Waals surface area contributed by atoms with E-state index in [9.17, 15) is 9.59 Å². The Kier molecular flexibility index (Phi) is 2.27. The Morgan fingerprint density at radius 1 is 1.44 bits per heavy atom. The summed E-state index contributed by atoms with van der Waals surface area (Å²) in [5.74, 6) is 4.90. The molecule has 2 heterocycles. The zero-order valence-corrected chi connectivity index (χ0v) is 11.0. The molecule has 18 heavy (non-hydrogen) atoms. The first kappa shape index (κ1) is 11.6. The highest BCUT2D eigenvalue weighted by atomic mass is 32.1. The number of nitrogen functional groups attached to an aromatic ring is 1. The Hall–Kier alpha value is -1.47. The van der Waals surface area contributed by atoms with Crippen LogP contribution < -0.4 is 11.3 Å². The summed E-state index contributed by atoms with van der Waals surface area (Å²) < 4.78 is 0. The molecule has 2 aliphatic rings. The number of nitrogens with zero attached hydrogens (tertiary/aromatic N) is 2. The summed E-state index contributed by atoms with van der Waals surface area (Å²) in [4.78, 5) is 30.4. The smallest absolute Gasteiger partial charge is 0.234 e. The molecule has 3 N–H and O–H groups in total. The molecule has 3 rings (SSSR count). The predicted octanol–water partition coefficient (Wildman–Crippen LogP) is 0.570. The number of fused-ring (bicyclic) bond motifs is 1. The third kappa shape index (κ3) is 1.40. The second-order valence-corrected chi connectivity index (χ2v) is 6.43. The Morgan fingerprint density at radius 2 is 2.06 bits per heavy atom. The summed E-state index contributed by atoms with van der Waals surface area (Å²) in [7, 11) is 0. The van der Waals surface area contributed by atoms with E-state index in [-0.39, 0.29) is 29.1 Å². The first-order valence-electron chi connectivity index (χ1n) is 5.73. The van der Waals surface area contributed by atoms with Gasteiger partial charge in [0.1, 0.15) is 0 Å². The fourth-order valence-corrected chi connectivity index (χ4v) is 3.47. The number of piperidine rings is 1. The summed E-state index contributed by atoms with van der Waals surface area (Å²) >= 11 is 1.35. The first-order valence-corrected chi connectivity index (χ1v) is 6.55. The topological polar surface area (TPSA) is 88.3 Å². The zero-order valence-electron chi connectivity index (χ0n) is 10.1. The number of hydrazine groups is 1. The largest absolute Gasteiger partial charge is 0.300 e. The summed E-state index contributed by atoms with van der Waals surface area (Å²) in [5, 5.41) is 0.578. The minimum absolute atomic E-state index is 0.0503. The van der Waals surface area contributed by atoms with Crippen molar-refractivity contribution < 1.29 is 9.59 Å². The number of hydrogen-bond acceptors (Lipinski definition) is 6. The minimum atomic E-state index is -0.150. The van der Waals surface area contributed by atoms with Crippen LogP contribution in [0.3, 0.4) is 0 Å². The number of nitrogens with two attached hydrogens (primary N) is 1. The van der Waals surface area contributed by atoms with Gasteiger partial charge in [0.25, 0.3) is 0 Å². The lowest BCUT2D eigenvalue weighted by atomic mass is 10.1. The van der Waals surface area contributed by atoms with Gasteiger partial charge in [-0.2, -0.15) is 0 Å². The van der Waals surface area contributed by atoms with Crippen LogP contribution in [0.4, 0.5) is 5.13 Å². The third-order valence-corrected chi connectivity index (χ3v) is 4.80. The van der Waals surface area contributed by atoms with Crippen molar-refractivity contribution in [2.75, 3.05) is 5.43 Å². The molecule has 2 atom stereocenters. The molecular formula is C11H14N4O2S. The van der Waals surface area contributed by atoms with Gasteiger partial charge in [0, 0.05) is 11.1 Å². The van der Waals surface area contributed by atoms with E-state index in [2.05, 4.69) is 10.4 Å². The number of thiazole rings is 1. The summed E-state index contributed by atoms with van der Waals surface area (Å²) in [6.45, 7) is 4.25. The highest BCUT2D eigenvalue weighted by molar-refractivity contribution is 7.15. The number of nitrogens with one attached hydrogen (secondary N) is 1. The predicted molar refractivity (Wildman–Crippen MR) is 66.2 cm³/mol. The lowest BCUT2D eigenvalue weighted by Crippen LogP contribution is -2.35. The standard InChI is InChI=1S/C11H14N4O2S/c1-11(2)6-7(11)9(17)15(8(6)16)4-5-3-13-10(14-12)18-5/h3,6-7H,4,12H2,1-2H3,(H,13,14). The second-order valence-electron chi connectivity index (χ2n) is 5.32. The lowest BCUT2D eigenvalue weighted by Gasteiger charge is -2.19. The average Bonchev–Trinajstić information content (AvgIpc) is 2.66. The van der Waals surface area contributed by atoms with E-state index >= 15 is 0 Å². The number of imide groups is 1. The lowest BCUT2D eigenvalue weighted by molar-refractivity contribution is -0.143. The first-order chi connectivity index (χ1) is 8.46. The van der Waals surface area contributed by atoms with Crippen molar-refractivity contribution in [3.05, 3.63) is 11.1 Å². The summed E-state index contributed by atoms with van der Waals surface area (Å²) in [6, 6.07) is 0. The molecule has 2 unspecified atom stereocenters. The molecule has 6 nitrogen and oxygen atoms in total. The van der Waals surface area contributed by atoms with Gasteiger partial charge in [0.15, 0.2) is 5.13 Å². The highest BCUT2D eigenvalue weighted by Gasteiger charge is 2.72. The molecule has 2 fully saturated rings. The van der Waals surface area contributed by atoms with Gasteiger partial charge in [-0.1, -0.05) is 25.2 Å². The van der Waals surface area contributed by atoms with Gasteiger partial charge in [-0.15, -0.1) is 0 Å². The quantitative estimate of drug-likeness (QED) is 0.474. The van der Waals surface area contributed by atoms with Gasteiger partial charge in [0.05, 0.1) is 18.4 Å². The van der Waals surface area contributed by atoms with E-state index in [0.29, 0.717) is 11.7 Å². The molecule has 1 aromatic heterocycles. The number of likely N-dealkylation sites (tertiary alicyclic amines) is 1. The molecule has 96 valence electrons. The monoisotopic (exact) mass is 266 g/mol. The van der Waals surface area contributed by atoms with E-state index in [4.69, 9.17) is 5.84 Å². The van der Waals surface area contributed by atoms with Crippen molar-refractivity contribution in [2.24, 2.45) is 23.1 Å². The summed E-state index contributed by atoms with van der Waals surface area (Å²) in [6.07, 6.45) is 1.63. The van der Waals surface area contributed by atoms with E-state index in [1.807, 2.05) is 13.8 Å². The molecule has 1 aliphatic carbocycles. The maximum absolute atomic E-state index is 12.1. The molecular weight excluding hydrogens is 252 g/mol. The van der Waals surface area contributed by atoms with E-state index in [1.54, 1.807) is 6.20 Å². The third-order valence-electron chi connectivity index (χ3n) is 3.88. The molecule has 0 radical (unpaired) electrons. The zero-order chi connectivity index (χ0) is 13.1. The maximum atomic E-state index is 12.1. The van der Waals surface area contributed by atoms with Gasteiger partial charge < -0.3 is 0 Å². The second kappa shape index (κ2) is 3.52. The molecule has 0 aromatic carbocycles. The molecule has 1 saturated carbocycles. The molecule has 1 aliphatic heterocycles. The highest BCUT2D eigenvalue weighted by Crippen LogP contribution is 2.63. The maximum Gasteiger partial charge on any atom is 0.234 e. The van der Waals surface area contributed by atoms with Crippen LogP contribution in [0.15, 0.2) is 6.20 Å². The number of hydrogen-bond donors (Lipinski definition) is 2. The van der Waals surface area contributed by atoms with Crippen molar-refractivity contribution >= 4 is 28.3 Å². The Bertz CT molecular complexity index is 515. The number of rotatable bonds is 3. The van der Waals surface area contributed by atoms with Crippen LogP contribution in [0, 0.1) is 17.3 Å². The number of carbonyl (C=O) groups is 2. The Morgan fingerprint density at radius 3 is 2.56 bits per heavy atom. The van der Waals surface area contributed by atoms with Gasteiger partial charge >= 0.3 is 0 Å². The number of aromatic nitrogens is 1. The van der Waals surface area contributed by atoms with Crippen molar-refractivity contribution in [1.82, 2.24) is 9.88 Å². The van der Waals surface area contributed by atoms with Crippen LogP contribution >= 0.6 is 11.3 Å². The molecule has 7 heteroatoms. The normalized spacial score (nSPS) is 28.5. The summed E-state index contributed by atoms with van der Waals surface area (Å²) in [5.41, 5.74) is 2.29. The van der Waals surface area contributed by atoms with Gasteiger partial charge in [-0.25, -0.2) is 10.8 Å². The van der Waals surface area contributed by atoms with Gasteiger partial charge in [-0.05, 0) is 5.41 Å². The van der Waals surface area contributed by atoms with Crippen LogP contribution in [0.1, 0.15) is 18.7 Å². The Balaban J connectivity index is 1.76. The number of amides is 2. The fourth-order valence-electron chi connectivity index (χ4n) is 2.76. The molecule has 1 aromatic rings. The van der Waals surface area contributed by atoms with Crippen molar-refractivity contribution in [3.63, 3.8) is 0 Å². The van der Waals surface area contributed by atoms with E-state index in [1.165, 1.54) is 16.2 Å². The minimum Gasteiger partial charge on any atom is -0.300 e. The SMILES string of the molecule is CC1(C)C2C(=O)N(Cc3cnc(NN)s3)C(=O)C21. The van der Waals surface area contributed by atoms with Crippen LogP contribution in [0.25, 0.3) is 0 Å². The number of carbonyl (C=O) groups excluding carboxylic acids is 2. The molecule has 1 saturated heterocycles. The van der Waals surface area contributed by atoms with Crippen molar-refractivity contribution in [1.29, 1.82) is 0 Å². The molecule has 2 amide bonds. The Labute approximate surface area is 108 Å². The average molecular weight is 266 g/mol. The van der Waals surface area contributed by atoms with Gasteiger partial charge in [0.2, 0.25) is 11.8 Å². The fraction of sp³-hybridized carbons (Fsp3) is 0.545. The number of anilines is 1. The van der Waals surface area contributed by atoms with Crippen molar-refractivity contribution in [2.45, 2.75) is 20.4 Å². The van der Waals surface area contributed by atoms with E-state index < -0.39 is 0 Å². The molecule has 0 bridgehead atoms.